The van der Waals surface area contributed by atoms with Gasteiger partial charge in [0.2, 0.25) is 0 Å². The number of rotatable bonds is 3. The Balaban J connectivity index is 1.71. The highest BCUT2D eigenvalue weighted by Crippen LogP contribution is 2.44. The van der Waals surface area contributed by atoms with Crippen LogP contribution in [0.25, 0.3) is 0 Å². The molecule has 1 atom stereocenters. The van der Waals surface area contributed by atoms with Crippen LogP contribution in [0, 0.1) is 0 Å². The number of quaternary nitrogens is 1. The second-order valence-corrected chi connectivity index (χ2v) is 7.64. The molecule has 2 aromatic carbocycles. The summed E-state index contributed by atoms with van der Waals surface area (Å²) in [5, 5.41) is 0.684. The number of imide groups is 1. The standard InChI is InChI=1S/C20H21ClN3O2/c1-4-22-16-11-13(21)9-10-17(16)24(2,3)18(22)12-23-19(25)14-7-5-6-8-15(14)20(23)26/h5-11,18H,4,12H2,1-3H3/q+1. The zero-order chi connectivity index (χ0) is 18.6. The van der Waals surface area contributed by atoms with Crippen LogP contribution in [0.3, 0.4) is 0 Å². The zero-order valence-electron chi connectivity index (χ0n) is 15.1. The van der Waals surface area contributed by atoms with E-state index in [1.54, 1.807) is 24.3 Å². The molecule has 0 saturated heterocycles. The van der Waals surface area contributed by atoms with Crippen LogP contribution in [-0.2, 0) is 0 Å². The number of hydrogen-bond acceptors (Lipinski definition) is 3. The Morgan fingerprint density at radius 3 is 2.23 bits per heavy atom. The number of halogens is 1. The van der Waals surface area contributed by atoms with Gasteiger partial charge in [-0.05, 0) is 31.2 Å². The minimum Gasteiger partial charge on any atom is -0.316 e. The van der Waals surface area contributed by atoms with E-state index in [1.165, 1.54) is 4.90 Å². The molecule has 26 heavy (non-hydrogen) atoms. The third kappa shape index (κ3) is 2.27. The lowest BCUT2D eigenvalue weighted by Gasteiger charge is -2.36. The van der Waals surface area contributed by atoms with E-state index in [-0.39, 0.29) is 18.0 Å². The van der Waals surface area contributed by atoms with Crippen LogP contribution in [0.5, 0.6) is 0 Å². The Labute approximate surface area is 158 Å². The molecule has 1 unspecified atom stereocenters. The molecular formula is C20H21ClN3O2+. The van der Waals surface area contributed by atoms with E-state index in [4.69, 9.17) is 11.6 Å². The van der Waals surface area contributed by atoms with Gasteiger partial charge in [0.15, 0.2) is 11.9 Å². The normalized spacial score (nSPS) is 20.5. The zero-order valence-corrected chi connectivity index (χ0v) is 15.8. The van der Waals surface area contributed by atoms with Gasteiger partial charge in [0.1, 0.15) is 12.2 Å². The first kappa shape index (κ1) is 17.1. The molecule has 0 aliphatic carbocycles. The molecule has 0 spiro atoms. The summed E-state index contributed by atoms with van der Waals surface area (Å²) in [5.74, 6) is -0.425. The third-order valence-electron chi connectivity index (χ3n) is 5.54. The molecule has 134 valence electrons. The third-order valence-corrected chi connectivity index (χ3v) is 5.77. The Hall–Kier alpha value is -2.37. The summed E-state index contributed by atoms with van der Waals surface area (Å²) in [6.07, 6.45) is -0.0596. The van der Waals surface area contributed by atoms with Crippen molar-refractivity contribution >= 4 is 34.8 Å². The van der Waals surface area contributed by atoms with Gasteiger partial charge in [0.05, 0.1) is 25.2 Å². The molecule has 0 fully saturated rings. The molecule has 0 bridgehead atoms. The predicted molar refractivity (Wildman–Crippen MR) is 104 cm³/mol. The van der Waals surface area contributed by atoms with E-state index in [0.29, 0.717) is 27.2 Å². The topological polar surface area (TPSA) is 40.6 Å². The summed E-state index contributed by atoms with van der Waals surface area (Å²) in [5.41, 5.74) is 3.18. The number of amides is 2. The van der Waals surface area contributed by atoms with Crippen LogP contribution in [-0.4, -0.2) is 50.1 Å². The highest BCUT2D eigenvalue weighted by Gasteiger charge is 2.48. The highest BCUT2D eigenvalue weighted by atomic mass is 35.5. The van der Waals surface area contributed by atoms with Crippen molar-refractivity contribution in [3.05, 3.63) is 58.6 Å². The van der Waals surface area contributed by atoms with E-state index in [0.717, 1.165) is 17.9 Å². The van der Waals surface area contributed by atoms with Crippen molar-refractivity contribution in [3.8, 4) is 0 Å². The minimum atomic E-state index is -0.212. The maximum absolute atomic E-state index is 12.8. The molecule has 0 saturated carbocycles. The Morgan fingerprint density at radius 1 is 1.04 bits per heavy atom. The molecule has 0 aromatic heterocycles. The average Bonchev–Trinajstić information content (AvgIpc) is 2.98. The Kier molecular flexibility index (Phi) is 3.82. The van der Waals surface area contributed by atoms with Gasteiger partial charge in [-0.15, -0.1) is 0 Å². The van der Waals surface area contributed by atoms with Crippen LogP contribution in [0.15, 0.2) is 42.5 Å². The number of fused-ring (bicyclic) bond motifs is 2. The van der Waals surface area contributed by atoms with E-state index < -0.39 is 0 Å². The lowest BCUT2D eigenvalue weighted by Crippen LogP contribution is -2.59. The SMILES string of the molecule is CCN1c2cc(Cl)ccc2[N+](C)(C)C1CN1C(=O)c2ccccc2C1=O. The summed E-state index contributed by atoms with van der Waals surface area (Å²) in [7, 11) is 4.20. The second kappa shape index (κ2) is 5.83. The number of nitrogens with zero attached hydrogens (tertiary/aromatic N) is 3. The lowest BCUT2D eigenvalue weighted by molar-refractivity contribution is 0.0618. The fourth-order valence-corrected chi connectivity index (χ4v) is 4.30. The van der Waals surface area contributed by atoms with E-state index in [2.05, 4.69) is 25.9 Å². The number of anilines is 1. The van der Waals surface area contributed by atoms with Crippen molar-refractivity contribution in [2.45, 2.75) is 13.1 Å². The van der Waals surface area contributed by atoms with Crippen molar-refractivity contribution in [1.82, 2.24) is 9.38 Å². The second-order valence-electron chi connectivity index (χ2n) is 7.21. The van der Waals surface area contributed by atoms with Gasteiger partial charge in [0, 0.05) is 17.6 Å². The summed E-state index contributed by atoms with van der Waals surface area (Å²) >= 11 is 6.21. The molecule has 2 heterocycles. The van der Waals surface area contributed by atoms with Crippen molar-refractivity contribution in [3.63, 3.8) is 0 Å². The molecular weight excluding hydrogens is 350 g/mol. The molecule has 5 nitrogen and oxygen atoms in total. The van der Waals surface area contributed by atoms with Gasteiger partial charge >= 0.3 is 0 Å². The van der Waals surface area contributed by atoms with Gasteiger partial charge < -0.3 is 4.90 Å². The number of benzene rings is 2. The average molecular weight is 371 g/mol. The van der Waals surface area contributed by atoms with Gasteiger partial charge in [-0.1, -0.05) is 23.7 Å². The fraction of sp³-hybridized carbons (Fsp3) is 0.300. The van der Waals surface area contributed by atoms with Crippen LogP contribution in [0.1, 0.15) is 27.6 Å². The first-order chi connectivity index (χ1) is 12.4. The van der Waals surface area contributed by atoms with Crippen molar-refractivity contribution < 1.29 is 9.59 Å². The monoisotopic (exact) mass is 370 g/mol. The van der Waals surface area contributed by atoms with Crippen molar-refractivity contribution in [2.24, 2.45) is 0 Å². The first-order valence-electron chi connectivity index (χ1n) is 8.72. The molecule has 0 radical (unpaired) electrons. The minimum absolute atomic E-state index is 0.0596. The number of carbonyl (C=O) groups is 2. The Bertz CT molecular complexity index is 890. The number of likely N-dealkylation sites (N-methyl/N-ethyl adjacent to an activating group) is 2. The van der Waals surface area contributed by atoms with Crippen LogP contribution in [0.2, 0.25) is 5.02 Å². The summed E-state index contributed by atoms with van der Waals surface area (Å²) in [4.78, 5) is 29.2. The molecule has 6 heteroatoms. The largest absolute Gasteiger partial charge is 0.316 e. The first-order valence-corrected chi connectivity index (χ1v) is 9.09. The molecule has 0 N–H and O–H groups in total. The van der Waals surface area contributed by atoms with Crippen molar-refractivity contribution in [2.75, 3.05) is 32.1 Å². The number of carbonyl (C=O) groups excluding carboxylic acids is 2. The molecule has 2 amide bonds. The lowest BCUT2D eigenvalue weighted by atomic mass is 10.1. The van der Waals surface area contributed by atoms with Crippen LogP contribution in [0.4, 0.5) is 11.4 Å². The summed E-state index contributed by atoms with van der Waals surface area (Å²) in [6.45, 7) is 3.17. The maximum atomic E-state index is 12.8. The predicted octanol–water partition coefficient (Wildman–Crippen LogP) is 3.37. The van der Waals surface area contributed by atoms with Crippen LogP contribution >= 0.6 is 11.6 Å². The fourth-order valence-electron chi connectivity index (χ4n) is 4.14. The van der Waals surface area contributed by atoms with Crippen molar-refractivity contribution in [1.29, 1.82) is 0 Å². The highest BCUT2D eigenvalue weighted by molar-refractivity contribution is 6.31. The van der Waals surface area contributed by atoms with Gasteiger partial charge in [-0.2, -0.15) is 0 Å². The maximum Gasteiger partial charge on any atom is 0.261 e. The van der Waals surface area contributed by atoms with E-state index in [9.17, 15) is 9.59 Å². The Morgan fingerprint density at radius 2 is 1.65 bits per heavy atom. The smallest absolute Gasteiger partial charge is 0.261 e. The van der Waals surface area contributed by atoms with Gasteiger partial charge in [0.25, 0.3) is 11.8 Å². The molecule has 2 aromatic rings. The van der Waals surface area contributed by atoms with Gasteiger partial charge in [-0.3, -0.25) is 19.0 Å². The van der Waals surface area contributed by atoms with Gasteiger partial charge in [-0.25, -0.2) is 0 Å². The molecule has 4 rings (SSSR count). The molecule has 2 aliphatic rings. The van der Waals surface area contributed by atoms with Crippen LogP contribution < -0.4 is 9.38 Å². The van der Waals surface area contributed by atoms with E-state index >= 15 is 0 Å². The van der Waals surface area contributed by atoms with E-state index in [1.807, 2.05) is 18.2 Å². The number of hydrogen-bond donors (Lipinski definition) is 0. The quantitative estimate of drug-likeness (QED) is 0.614. The summed E-state index contributed by atoms with van der Waals surface area (Å²) in [6, 6.07) is 12.9. The molecule has 2 aliphatic heterocycles. The summed E-state index contributed by atoms with van der Waals surface area (Å²) < 4.78 is 0.563.